The highest BCUT2D eigenvalue weighted by Crippen LogP contribution is 2.25. The lowest BCUT2D eigenvalue weighted by Gasteiger charge is -2.22. The Kier molecular flexibility index (Phi) is 4.12. The minimum absolute atomic E-state index is 0.0158. The van der Waals surface area contributed by atoms with Gasteiger partial charge in [0.2, 0.25) is 5.91 Å². The van der Waals surface area contributed by atoms with Crippen LogP contribution in [0.15, 0.2) is 24.5 Å². The summed E-state index contributed by atoms with van der Waals surface area (Å²) in [5.74, 6) is -0.0375. The molecule has 2 heterocycles. The Morgan fingerprint density at radius 2 is 2.38 bits per heavy atom. The van der Waals surface area contributed by atoms with Crippen molar-refractivity contribution in [3.05, 3.63) is 29.5 Å². The number of nitrogens with one attached hydrogen (secondary N) is 2. The van der Waals surface area contributed by atoms with E-state index in [0.29, 0.717) is 17.3 Å². The van der Waals surface area contributed by atoms with Crippen molar-refractivity contribution in [1.29, 1.82) is 0 Å². The van der Waals surface area contributed by atoms with E-state index in [0.717, 1.165) is 25.1 Å². The van der Waals surface area contributed by atoms with Gasteiger partial charge in [0, 0.05) is 6.54 Å². The van der Waals surface area contributed by atoms with Crippen molar-refractivity contribution in [2.24, 2.45) is 5.92 Å². The number of hydrogen-bond acceptors (Lipinski definition) is 5. The van der Waals surface area contributed by atoms with Gasteiger partial charge in [-0.3, -0.25) is 4.79 Å². The zero-order chi connectivity index (χ0) is 14.7. The third-order valence-corrected chi connectivity index (χ3v) is 3.82. The first-order chi connectivity index (χ1) is 10.2. The first-order valence-electron chi connectivity index (χ1n) is 6.78. The van der Waals surface area contributed by atoms with E-state index in [1.54, 1.807) is 18.2 Å². The number of tetrazole rings is 1. The number of benzene rings is 1. The summed E-state index contributed by atoms with van der Waals surface area (Å²) in [5, 5.41) is 17.6. The lowest BCUT2D eigenvalue weighted by Crippen LogP contribution is -2.37. The lowest BCUT2D eigenvalue weighted by atomic mass is 9.99. The Labute approximate surface area is 126 Å². The molecule has 1 fully saturated rings. The number of carbonyl (C=O) groups is 1. The topological polar surface area (TPSA) is 84.7 Å². The minimum Gasteiger partial charge on any atom is -0.324 e. The number of halogens is 1. The van der Waals surface area contributed by atoms with Crippen molar-refractivity contribution in [2.45, 2.75) is 12.8 Å². The van der Waals surface area contributed by atoms with E-state index in [-0.39, 0.29) is 11.8 Å². The molecule has 0 spiro atoms. The minimum atomic E-state index is -0.0218. The van der Waals surface area contributed by atoms with Gasteiger partial charge in [0.15, 0.2) is 0 Å². The Bertz CT molecular complexity index is 624. The molecular weight excluding hydrogens is 292 g/mol. The van der Waals surface area contributed by atoms with Crippen LogP contribution in [0, 0.1) is 5.92 Å². The molecule has 3 rings (SSSR count). The Morgan fingerprint density at radius 1 is 1.48 bits per heavy atom. The molecule has 0 radical (unpaired) electrons. The molecule has 2 N–H and O–H groups in total. The van der Waals surface area contributed by atoms with E-state index in [2.05, 4.69) is 26.2 Å². The summed E-state index contributed by atoms with van der Waals surface area (Å²) in [6.45, 7) is 1.68. The van der Waals surface area contributed by atoms with Gasteiger partial charge in [-0.15, -0.1) is 5.10 Å². The number of aromatic nitrogens is 4. The van der Waals surface area contributed by atoms with Crippen LogP contribution in [-0.4, -0.2) is 39.2 Å². The summed E-state index contributed by atoms with van der Waals surface area (Å²) in [6.07, 6.45) is 3.39. The lowest BCUT2D eigenvalue weighted by molar-refractivity contribution is -0.120. The summed E-state index contributed by atoms with van der Waals surface area (Å²) < 4.78 is 1.51. The molecule has 1 aliphatic rings. The van der Waals surface area contributed by atoms with Crippen LogP contribution in [-0.2, 0) is 4.79 Å². The first kappa shape index (κ1) is 14.0. The van der Waals surface area contributed by atoms with Gasteiger partial charge in [-0.05, 0) is 48.0 Å². The molecule has 0 aliphatic carbocycles. The van der Waals surface area contributed by atoms with Crippen molar-refractivity contribution in [3.8, 4) is 5.69 Å². The highest BCUT2D eigenvalue weighted by atomic mass is 35.5. The predicted octanol–water partition coefficient (Wildman–Crippen LogP) is 1.25. The first-order valence-corrected chi connectivity index (χ1v) is 7.16. The molecule has 0 saturated carbocycles. The molecule has 2 aromatic rings. The van der Waals surface area contributed by atoms with Crippen LogP contribution in [0.3, 0.4) is 0 Å². The maximum absolute atomic E-state index is 12.3. The Morgan fingerprint density at radius 3 is 3.10 bits per heavy atom. The van der Waals surface area contributed by atoms with Crippen LogP contribution in [0.1, 0.15) is 12.8 Å². The van der Waals surface area contributed by atoms with E-state index in [4.69, 9.17) is 11.6 Å². The van der Waals surface area contributed by atoms with Gasteiger partial charge >= 0.3 is 0 Å². The van der Waals surface area contributed by atoms with Crippen molar-refractivity contribution in [1.82, 2.24) is 25.5 Å². The fourth-order valence-electron chi connectivity index (χ4n) is 2.34. The maximum atomic E-state index is 12.3. The van der Waals surface area contributed by atoms with Crippen LogP contribution in [0.25, 0.3) is 5.69 Å². The van der Waals surface area contributed by atoms with Crippen LogP contribution in [0.5, 0.6) is 0 Å². The molecule has 0 bridgehead atoms. The van der Waals surface area contributed by atoms with Gasteiger partial charge in [-0.25, -0.2) is 4.68 Å². The third-order valence-electron chi connectivity index (χ3n) is 3.49. The molecule has 1 amide bonds. The van der Waals surface area contributed by atoms with Gasteiger partial charge in [0.1, 0.15) is 6.33 Å². The van der Waals surface area contributed by atoms with Gasteiger partial charge in [-0.2, -0.15) is 0 Å². The van der Waals surface area contributed by atoms with Crippen LogP contribution < -0.4 is 10.6 Å². The van der Waals surface area contributed by atoms with E-state index in [9.17, 15) is 4.79 Å². The van der Waals surface area contributed by atoms with Gasteiger partial charge in [0.05, 0.1) is 22.3 Å². The molecule has 1 aromatic heterocycles. The molecule has 1 aromatic carbocycles. The molecule has 7 nitrogen and oxygen atoms in total. The quantitative estimate of drug-likeness (QED) is 0.891. The fraction of sp³-hybridized carbons (Fsp3) is 0.385. The van der Waals surface area contributed by atoms with Crippen LogP contribution in [0.2, 0.25) is 5.02 Å². The van der Waals surface area contributed by atoms with Gasteiger partial charge in [0.25, 0.3) is 0 Å². The average molecular weight is 307 g/mol. The van der Waals surface area contributed by atoms with Crippen molar-refractivity contribution in [2.75, 3.05) is 18.4 Å². The smallest absolute Gasteiger partial charge is 0.228 e. The number of carbonyl (C=O) groups excluding carboxylic acids is 1. The van der Waals surface area contributed by atoms with Gasteiger partial charge < -0.3 is 10.6 Å². The molecule has 110 valence electrons. The highest BCUT2D eigenvalue weighted by molar-refractivity contribution is 6.33. The van der Waals surface area contributed by atoms with E-state index in [1.807, 2.05) is 0 Å². The molecule has 21 heavy (non-hydrogen) atoms. The molecule has 1 atom stereocenters. The standard InChI is InChI=1S/C13H15ClN6O/c14-11-4-3-10(20-8-16-18-19-20)6-12(11)17-13(21)9-2-1-5-15-7-9/h3-4,6,8-9,15H,1-2,5,7H2,(H,17,21)/t9-/m1/s1. The van der Waals surface area contributed by atoms with E-state index < -0.39 is 0 Å². The maximum Gasteiger partial charge on any atom is 0.228 e. The second-order valence-electron chi connectivity index (χ2n) is 4.95. The second-order valence-corrected chi connectivity index (χ2v) is 5.36. The zero-order valence-corrected chi connectivity index (χ0v) is 12.0. The van der Waals surface area contributed by atoms with E-state index >= 15 is 0 Å². The number of anilines is 1. The fourth-order valence-corrected chi connectivity index (χ4v) is 2.51. The normalized spacial score (nSPS) is 18.4. The highest BCUT2D eigenvalue weighted by Gasteiger charge is 2.21. The number of hydrogen-bond donors (Lipinski definition) is 2. The molecular formula is C13H15ClN6O. The number of rotatable bonds is 3. The summed E-state index contributed by atoms with van der Waals surface area (Å²) in [7, 11) is 0. The second kappa shape index (κ2) is 6.19. The Balaban J connectivity index is 1.78. The number of nitrogens with zero attached hydrogens (tertiary/aromatic N) is 4. The Hall–Kier alpha value is -1.99. The van der Waals surface area contributed by atoms with Crippen molar-refractivity contribution in [3.63, 3.8) is 0 Å². The van der Waals surface area contributed by atoms with Crippen LogP contribution >= 0.6 is 11.6 Å². The molecule has 1 saturated heterocycles. The SMILES string of the molecule is O=C(Nc1cc(-n2cnnn2)ccc1Cl)[C@@H]1CCCNC1. The van der Waals surface area contributed by atoms with Crippen LogP contribution in [0.4, 0.5) is 5.69 Å². The van der Waals surface area contributed by atoms with E-state index in [1.165, 1.54) is 11.0 Å². The summed E-state index contributed by atoms with van der Waals surface area (Å²) in [4.78, 5) is 12.3. The number of amides is 1. The predicted molar refractivity (Wildman–Crippen MR) is 78.4 cm³/mol. The number of piperidine rings is 1. The zero-order valence-electron chi connectivity index (χ0n) is 11.3. The molecule has 8 heteroatoms. The summed E-state index contributed by atoms with van der Waals surface area (Å²) >= 11 is 6.15. The van der Waals surface area contributed by atoms with Crippen molar-refractivity contribution < 1.29 is 4.79 Å². The molecule has 0 unspecified atom stereocenters. The van der Waals surface area contributed by atoms with Gasteiger partial charge in [-0.1, -0.05) is 11.6 Å². The monoisotopic (exact) mass is 306 g/mol. The largest absolute Gasteiger partial charge is 0.324 e. The molecule has 1 aliphatic heterocycles. The summed E-state index contributed by atoms with van der Waals surface area (Å²) in [5.41, 5.74) is 1.31. The van der Waals surface area contributed by atoms with Crippen molar-refractivity contribution >= 4 is 23.2 Å². The summed E-state index contributed by atoms with van der Waals surface area (Å²) in [6, 6.07) is 5.26. The third kappa shape index (κ3) is 3.20. The average Bonchev–Trinajstić information content (AvgIpc) is 3.04.